The molecule has 0 radical (unpaired) electrons. The number of aromatic nitrogens is 2. The van der Waals surface area contributed by atoms with Gasteiger partial charge >= 0.3 is 0 Å². The lowest BCUT2D eigenvalue weighted by Crippen LogP contribution is -2.50. The van der Waals surface area contributed by atoms with Crippen LogP contribution in [0.25, 0.3) is 0 Å². The molecule has 3 aliphatic rings. The molecule has 44 heavy (non-hydrogen) atoms. The van der Waals surface area contributed by atoms with E-state index in [0.29, 0.717) is 17.8 Å². The molecule has 0 spiro atoms. The molecule has 238 valence electrons. The first-order chi connectivity index (χ1) is 21.2. The average Bonchev–Trinajstić information content (AvgIpc) is 3.52. The van der Waals surface area contributed by atoms with Crippen LogP contribution in [0.3, 0.4) is 0 Å². The Morgan fingerprint density at radius 1 is 1.09 bits per heavy atom. The molecule has 8 nitrogen and oxygen atoms in total. The summed E-state index contributed by atoms with van der Waals surface area (Å²) >= 11 is 3.45. The number of rotatable bonds is 11. The number of likely N-dealkylation sites (tertiary alicyclic amines) is 2. The van der Waals surface area contributed by atoms with Gasteiger partial charge in [-0.3, -0.25) is 14.6 Å². The smallest absolute Gasteiger partial charge is 0.220 e. The van der Waals surface area contributed by atoms with E-state index in [4.69, 9.17) is 15.1 Å². The number of nitrogens with one attached hydrogen (secondary N) is 1. The summed E-state index contributed by atoms with van der Waals surface area (Å²) in [6.07, 6.45) is 10.3. The predicted molar refractivity (Wildman–Crippen MR) is 178 cm³/mol. The Labute approximate surface area is 270 Å². The Balaban J connectivity index is 1.06. The van der Waals surface area contributed by atoms with Crippen LogP contribution >= 0.6 is 23.1 Å². The molecular formula is C34H48N6O2S2. The molecule has 3 aromatic rings. The number of thioether (sulfide) groups is 1. The summed E-state index contributed by atoms with van der Waals surface area (Å²) < 4.78 is 7.14. The molecule has 2 saturated heterocycles. The van der Waals surface area contributed by atoms with Gasteiger partial charge in [-0.1, -0.05) is 45.0 Å². The molecule has 1 saturated carbocycles. The van der Waals surface area contributed by atoms with Crippen molar-refractivity contribution in [1.82, 2.24) is 25.1 Å². The summed E-state index contributed by atoms with van der Waals surface area (Å²) in [7, 11) is 2.08. The number of oxazole rings is 1. The van der Waals surface area contributed by atoms with Crippen LogP contribution in [-0.2, 0) is 22.5 Å². The number of thiazole rings is 1. The maximum absolute atomic E-state index is 12.2. The summed E-state index contributed by atoms with van der Waals surface area (Å²) in [6, 6.07) is 10.4. The van der Waals surface area contributed by atoms with Crippen molar-refractivity contribution in [2.75, 3.05) is 26.7 Å². The van der Waals surface area contributed by atoms with Gasteiger partial charge in [0.15, 0.2) is 0 Å². The van der Waals surface area contributed by atoms with E-state index in [-0.39, 0.29) is 23.3 Å². The zero-order chi connectivity index (χ0) is 30.8. The summed E-state index contributed by atoms with van der Waals surface area (Å²) in [5, 5.41) is 4.60. The second kappa shape index (κ2) is 13.6. The van der Waals surface area contributed by atoms with Crippen LogP contribution in [0.5, 0.6) is 0 Å². The lowest BCUT2D eigenvalue weighted by Gasteiger charge is -2.45. The number of piperidine rings is 2. The Kier molecular flexibility index (Phi) is 9.83. The lowest BCUT2D eigenvalue weighted by atomic mass is 9.87. The van der Waals surface area contributed by atoms with E-state index in [1.54, 1.807) is 23.1 Å². The first-order valence-corrected chi connectivity index (χ1v) is 18.1. The second-order valence-corrected chi connectivity index (χ2v) is 16.2. The Hall–Kier alpha value is -2.24. The number of benzene rings is 1. The van der Waals surface area contributed by atoms with Crippen LogP contribution in [0, 0.1) is 11.8 Å². The molecule has 3 N–H and O–H groups in total. The summed E-state index contributed by atoms with van der Waals surface area (Å²) in [6.45, 7) is 10.5. The zero-order valence-corrected chi connectivity index (χ0v) is 28.3. The monoisotopic (exact) mass is 636 g/mol. The van der Waals surface area contributed by atoms with E-state index < -0.39 is 0 Å². The summed E-state index contributed by atoms with van der Waals surface area (Å²) in [5.41, 5.74) is 8.57. The highest BCUT2D eigenvalue weighted by atomic mass is 32.2. The Morgan fingerprint density at radius 3 is 2.48 bits per heavy atom. The molecule has 4 heterocycles. The minimum atomic E-state index is -0.182. The molecule has 1 aliphatic carbocycles. The van der Waals surface area contributed by atoms with Crippen molar-refractivity contribution in [1.29, 1.82) is 0 Å². The van der Waals surface area contributed by atoms with Crippen LogP contribution in [0.15, 0.2) is 45.3 Å². The summed E-state index contributed by atoms with van der Waals surface area (Å²) in [4.78, 5) is 26.8. The molecule has 2 aliphatic heterocycles. The van der Waals surface area contributed by atoms with Crippen molar-refractivity contribution >= 4 is 29.0 Å². The number of carbonyl (C=O) groups excluding carboxylic acids is 1. The van der Waals surface area contributed by atoms with E-state index in [9.17, 15) is 4.79 Å². The number of nitrogens with two attached hydrogens (primary N) is 1. The SMILES string of the molecule is CNC(c1ccc(CN2CCC(N3CCC(C(N)=O)CC3c3ncc(SCc4ncc(C(C)(C)C)o4)s3)CC2)cc1)C1CC1. The zero-order valence-electron chi connectivity index (χ0n) is 26.6. The van der Waals surface area contributed by atoms with Crippen LogP contribution < -0.4 is 11.1 Å². The molecule has 3 atom stereocenters. The third kappa shape index (κ3) is 7.58. The molecule has 10 heteroatoms. The van der Waals surface area contributed by atoms with Gasteiger partial charge < -0.3 is 15.5 Å². The van der Waals surface area contributed by atoms with E-state index in [2.05, 4.69) is 72.2 Å². The van der Waals surface area contributed by atoms with Crippen molar-refractivity contribution in [3.05, 3.63) is 64.4 Å². The molecule has 0 bridgehead atoms. The van der Waals surface area contributed by atoms with Crippen molar-refractivity contribution in [2.24, 2.45) is 17.6 Å². The summed E-state index contributed by atoms with van der Waals surface area (Å²) in [5.74, 6) is 2.85. The molecule has 3 fully saturated rings. The highest BCUT2D eigenvalue weighted by molar-refractivity contribution is 8.00. The molecule has 1 aromatic carbocycles. The van der Waals surface area contributed by atoms with E-state index in [1.165, 1.54) is 24.0 Å². The quantitative estimate of drug-likeness (QED) is 0.237. The molecule has 2 aromatic heterocycles. The first kappa shape index (κ1) is 31.7. The number of hydrogen-bond donors (Lipinski definition) is 2. The number of amides is 1. The maximum Gasteiger partial charge on any atom is 0.220 e. The van der Waals surface area contributed by atoms with Crippen molar-refractivity contribution in [2.45, 2.75) is 99.3 Å². The first-order valence-electron chi connectivity index (χ1n) is 16.2. The van der Waals surface area contributed by atoms with E-state index >= 15 is 0 Å². The van der Waals surface area contributed by atoms with Gasteiger partial charge in [0.05, 0.1) is 28.4 Å². The topological polar surface area (TPSA) is 101 Å². The predicted octanol–water partition coefficient (Wildman–Crippen LogP) is 6.29. The van der Waals surface area contributed by atoms with Crippen LogP contribution in [-0.4, -0.2) is 58.4 Å². The molecule has 1 amide bonds. The average molecular weight is 637 g/mol. The minimum Gasteiger partial charge on any atom is -0.444 e. The molecule has 6 rings (SSSR count). The third-order valence-corrected chi connectivity index (χ3v) is 11.9. The van der Waals surface area contributed by atoms with Gasteiger partial charge in [-0.25, -0.2) is 9.97 Å². The molecular weight excluding hydrogens is 589 g/mol. The number of hydrogen-bond acceptors (Lipinski definition) is 9. The van der Waals surface area contributed by atoms with Gasteiger partial charge in [0, 0.05) is 30.0 Å². The highest BCUT2D eigenvalue weighted by Gasteiger charge is 2.38. The fourth-order valence-electron chi connectivity index (χ4n) is 6.87. The standard InChI is InChI=1S/C34H48N6O2S2/c1-34(2,3)28-18-37-29(42-28)21-43-30-19-38-33(44-30)27-17-25(32(35)41)11-16-40(27)26-12-14-39(15-13-26)20-22-5-7-23(8-6-22)31(36-4)24-9-10-24/h5-8,18-19,24-27,31,36H,9-17,20-21H2,1-4H3,(H2,35,41). The van der Waals surface area contributed by atoms with Crippen LogP contribution in [0.4, 0.5) is 0 Å². The van der Waals surface area contributed by atoms with Crippen molar-refractivity contribution < 1.29 is 9.21 Å². The van der Waals surface area contributed by atoms with Crippen molar-refractivity contribution in [3.8, 4) is 0 Å². The largest absolute Gasteiger partial charge is 0.444 e. The van der Waals surface area contributed by atoms with Gasteiger partial charge in [0.1, 0.15) is 10.8 Å². The van der Waals surface area contributed by atoms with Crippen molar-refractivity contribution in [3.63, 3.8) is 0 Å². The van der Waals surface area contributed by atoms with Crippen LogP contribution in [0.2, 0.25) is 0 Å². The second-order valence-electron chi connectivity index (χ2n) is 13.9. The van der Waals surface area contributed by atoms with Gasteiger partial charge in [-0.2, -0.15) is 0 Å². The van der Waals surface area contributed by atoms with Crippen LogP contribution in [0.1, 0.15) is 99.2 Å². The third-order valence-electron chi connectivity index (χ3n) is 9.64. The maximum atomic E-state index is 12.2. The van der Waals surface area contributed by atoms with E-state index in [1.807, 2.05) is 12.4 Å². The number of nitrogens with zero attached hydrogens (tertiary/aromatic N) is 4. The lowest BCUT2D eigenvalue weighted by molar-refractivity contribution is -0.124. The van der Waals surface area contributed by atoms with Gasteiger partial charge in [-0.05, 0) is 82.3 Å². The van der Waals surface area contributed by atoms with E-state index in [0.717, 1.165) is 78.6 Å². The van der Waals surface area contributed by atoms with Gasteiger partial charge in [0.25, 0.3) is 0 Å². The highest BCUT2D eigenvalue weighted by Crippen LogP contribution is 2.42. The van der Waals surface area contributed by atoms with Gasteiger partial charge in [0.2, 0.25) is 11.8 Å². The minimum absolute atomic E-state index is 0.0534. The number of primary amides is 1. The Morgan fingerprint density at radius 2 is 1.84 bits per heavy atom. The number of carbonyl (C=O) groups is 1. The molecule has 3 unspecified atom stereocenters. The van der Waals surface area contributed by atoms with Gasteiger partial charge in [-0.15, -0.1) is 23.1 Å². The fraction of sp³-hybridized carbons (Fsp3) is 0.618. The Bertz CT molecular complexity index is 1390. The normalized spacial score (nSPS) is 23.2. The fourth-order valence-corrected chi connectivity index (χ4v) is 8.85.